The molecule has 1 aliphatic heterocycles. The smallest absolute Gasteiger partial charge is 0.387 e. The quantitative estimate of drug-likeness (QED) is 0.908. The number of aliphatic carboxylic acids is 1. The highest BCUT2D eigenvalue weighted by molar-refractivity contribution is 5.76. The fourth-order valence-electron chi connectivity index (χ4n) is 2.06. The number of hydrogen-bond donors (Lipinski definition) is 1. The molecule has 1 aromatic rings. The molecule has 19 heavy (non-hydrogen) atoms. The molecule has 2 heterocycles. The largest absolute Gasteiger partial charge is 0.481 e. The lowest BCUT2D eigenvalue weighted by Crippen LogP contribution is -2.31. The number of alkyl halides is 2. The first-order chi connectivity index (χ1) is 8.90. The maximum absolute atomic E-state index is 12.0. The number of pyridine rings is 1. The summed E-state index contributed by atoms with van der Waals surface area (Å²) in [6.45, 7) is -0.270. The van der Waals surface area contributed by atoms with Gasteiger partial charge in [-0.05, 0) is 25.5 Å². The zero-order chi connectivity index (χ0) is 14.0. The molecule has 0 radical (unpaired) electrons. The first kappa shape index (κ1) is 13.5. The summed E-state index contributed by atoms with van der Waals surface area (Å²) in [7, 11) is 0. The van der Waals surface area contributed by atoms with Crippen LogP contribution in [0, 0.1) is 5.41 Å². The van der Waals surface area contributed by atoms with Crippen LogP contribution >= 0.6 is 0 Å². The summed E-state index contributed by atoms with van der Waals surface area (Å²) in [6.07, 6.45) is 1.73. The third kappa shape index (κ3) is 2.91. The van der Waals surface area contributed by atoms with Crippen molar-refractivity contribution in [2.75, 3.05) is 18.0 Å². The molecule has 1 saturated heterocycles. The first-order valence-electron chi connectivity index (χ1n) is 5.80. The SMILES string of the molecule is CC1(C(=O)O)CCN(c2ccc(OC(F)F)cn2)C1. The van der Waals surface area contributed by atoms with Crippen molar-refractivity contribution in [2.45, 2.75) is 20.0 Å². The maximum atomic E-state index is 12.0. The van der Waals surface area contributed by atoms with Crippen molar-refractivity contribution >= 4 is 11.8 Å². The molecule has 1 aliphatic rings. The highest BCUT2D eigenvalue weighted by atomic mass is 19.3. The summed E-state index contributed by atoms with van der Waals surface area (Å²) in [5.74, 6) is -0.293. The van der Waals surface area contributed by atoms with Gasteiger partial charge in [0.25, 0.3) is 0 Å². The van der Waals surface area contributed by atoms with Crippen molar-refractivity contribution in [3.05, 3.63) is 18.3 Å². The predicted octanol–water partition coefficient (Wildman–Crippen LogP) is 1.98. The van der Waals surface area contributed by atoms with Gasteiger partial charge < -0.3 is 14.7 Å². The van der Waals surface area contributed by atoms with E-state index in [1.165, 1.54) is 12.3 Å². The number of rotatable bonds is 4. The first-order valence-corrected chi connectivity index (χ1v) is 5.80. The molecule has 0 bridgehead atoms. The minimum Gasteiger partial charge on any atom is -0.481 e. The molecule has 1 atom stereocenters. The van der Waals surface area contributed by atoms with E-state index < -0.39 is 18.0 Å². The molecule has 0 amide bonds. The van der Waals surface area contributed by atoms with E-state index in [9.17, 15) is 13.6 Å². The third-order valence-electron chi connectivity index (χ3n) is 3.26. The fraction of sp³-hybridized carbons (Fsp3) is 0.500. The maximum Gasteiger partial charge on any atom is 0.387 e. The van der Waals surface area contributed by atoms with Gasteiger partial charge in [0.1, 0.15) is 11.6 Å². The molecule has 104 valence electrons. The fourth-order valence-corrected chi connectivity index (χ4v) is 2.06. The van der Waals surface area contributed by atoms with E-state index in [2.05, 4.69) is 9.72 Å². The van der Waals surface area contributed by atoms with Gasteiger partial charge in [0, 0.05) is 13.1 Å². The molecule has 1 aromatic heterocycles. The lowest BCUT2D eigenvalue weighted by molar-refractivity contribution is -0.146. The van der Waals surface area contributed by atoms with Gasteiger partial charge in [0.15, 0.2) is 0 Å². The van der Waals surface area contributed by atoms with Gasteiger partial charge >= 0.3 is 12.6 Å². The molecular formula is C12H14F2N2O3. The minimum absolute atomic E-state index is 0.0149. The minimum atomic E-state index is -2.88. The Morgan fingerprint density at radius 2 is 2.32 bits per heavy atom. The van der Waals surface area contributed by atoms with Crippen LogP contribution in [0.3, 0.4) is 0 Å². The van der Waals surface area contributed by atoms with Gasteiger partial charge in [0.2, 0.25) is 0 Å². The van der Waals surface area contributed by atoms with Crippen molar-refractivity contribution in [3.8, 4) is 5.75 Å². The van der Waals surface area contributed by atoms with Gasteiger partial charge in [-0.15, -0.1) is 0 Å². The zero-order valence-electron chi connectivity index (χ0n) is 10.3. The van der Waals surface area contributed by atoms with Gasteiger partial charge in [-0.1, -0.05) is 0 Å². The van der Waals surface area contributed by atoms with E-state index in [4.69, 9.17) is 5.11 Å². The van der Waals surface area contributed by atoms with Crippen molar-refractivity contribution in [1.82, 2.24) is 4.98 Å². The van der Waals surface area contributed by atoms with Gasteiger partial charge in [-0.2, -0.15) is 8.78 Å². The average molecular weight is 272 g/mol. The predicted molar refractivity (Wildman–Crippen MR) is 63.4 cm³/mol. The van der Waals surface area contributed by atoms with E-state index in [1.54, 1.807) is 13.0 Å². The van der Waals surface area contributed by atoms with Crippen LogP contribution in [0.1, 0.15) is 13.3 Å². The highest BCUT2D eigenvalue weighted by Gasteiger charge is 2.40. The van der Waals surface area contributed by atoms with E-state index in [1.807, 2.05) is 4.90 Å². The lowest BCUT2D eigenvalue weighted by atomic mass is 9.90. The molecule has 0 aliphatic carbocycles. The summed E-state index contributed by atoms with van der Waals surface area (Å²) < 4.78 is 28.2. The lowest BCUT2D eigenvalue weighted by Gasteiger charge is -2.20. The van der Waals surface area contributed by atoms with Crippen molar-refractivity contribution < 1.29 is 23.4 Å². The van der Waals surface area contributed by atoms with E-state index >= 15 is 0 Å². The molecule has 5 nitrogen and oxygen atoms in total. The van der Waals surface area contributed by atoms with Crippen LogP contribution in [0.2, 0.25) is 0 Å². The summed E-state index contributed by atoms with van der Waals surface area (Å²) in [5, 5.41) is 9.13. The molecule has 0 saturated carbocycles. The summed E-state index contributed by atoms with van der Waals surface area (Å²) >= 11 is 0. The van der Waals surface area contributed by atoms with Crippen molar-refractivity contribution in [2.24, 2.45) is 5.41 Å². The van der Waals surface area contributed by atoms with Crippen LogP contribution in [0.15, 0.2) is 18.3 Å². The second-order valence-electron chi connectivity index (χ2n) is 4.77. The van der Waals surface area contributed by atoms with Crippen LogP contribution in [0.4, 0.5) is 14.6 Å². The number of carboxylic acid groups (broad SMARTS) is 1. The number of aromatic nitrogens is 1. The van der Waals surface area contributed by atoms with E-state index in [0.29, 0.717) is 25.3 Å². The Morgan fingerprint density at radius 1 is 1.58 bits per heavy atom. The Kier molecular flexibility index (Phi) is 3.55. The second kappa shape index (κ2) is 4.99. The van der Waals surface area contributed by atoms with Crippen LogP contribution in [-0.4, -0.2) is 35.8 Å². The highest BCUT2D eigenvalue weighted by Crippen LogP contribution is 2.32. The van der Waals surface area contributed by atoms with Crippen LogP contribution in [0.5, 0.6) is 5.75 Å². The molecule has 2 rings (SSSR count). The number of carboxylic acids is 1. The Labute approximate surface area is 108 Å². The number of hydrogen-bond acceptors (Lipinski definition) is 4. The molecule has 0 aromatic carbocycles. The average Bonchev–Trinajstić information content (AvgIpc) is 2.74. The van der Waals surface area contributed by atoms with Crippen LogP contribution < -0.4 is 9.64 Å². The number of anilines is 1. The summed E-state index contributed by atoms with van der Waals surface area (Å²) in [5.41, 5.74) is -0.792. The molecule has 1 N–H and O–H groups in total. The summed E-state index contributed by atoms with van der Waals surface area (Å²) in [6, 6.07) is 2.94. The van der Waals surface area contributed by atoms with Crippen LogP contribution in [-0.2, 0) is 4.79 Å². The zero-order valence-corrected chi connectivity index (χ0v) is 10.3. The van der Waals surface area contributed by atoms with Crippen molar-refractivity contribution in [1.29, 1.82) is 0 Å². The third-order valence-corrected chi connectivity index (χ3v) is 3.26. The monoisotopic (exact) mass is 272 g/mol. The molecule has 7 heteroatoms. The van der Waals surface area contributed by atoms with E-state index in [0.717, 1.165) is 0 Å². The topological polar surface area (TPSA) is 62.7 Å². The molecule has 1 unspecified atom stereocenters. The summed E-state index contributed by atoms with van der Waals surface area (Å²) in [4.78, 5) is 17.0. The number of nitrogens with zero attached hydrogens (tertiary/aromatic N) is 2. The number of halogens is 2. The van der Waals surface area contributed by atoms with Gasteiger partial charge in [0.05, 0.1) is 11.6 Å². The van der Waals surface area contributed by atoms with Gasteiger partial charge in [-0.3, -0.25) is 4.79 Å². The normalized spacial score (nSPS) is 22.8. The molecular weight excluding hydrogens is 258 g/mol. The Morgan fingerprint density at radius 3 is 2.79 bits per heavy atom. The molecule has 0 spiro atoms. The number of carbonyl (C=O) groups is 1. The van der Waals surface area contributed by atoms with Crippen LogP contribution in [0.25, 0.3) is 0 Å². The second-order valence-corrected chi connectivity index (χ2v) is 4.77. The van der Waals surface area contributed by atoms with Crippen molar-refractivity contribution in [3.63, 3.8) is 0 Å². The standard InChI is InChI=1S/C12H14F2N2O3/c1-12(10(17)18)4-5-16(7-12)9-3-2-8(6-15-9)19-11(13)14/h2-3,6,11H,4-5,7H2,1H3,(H,17,18). The Balaban J connectivity index is 2.06. The van der Waals surface area contributed by atoms with Gasteiger partial charge in [-0.25, -0.2) is 4.98 Å². The van der Waals surface area contributed by atoms with E-state index in [-0.39, 0.29) is 5.75 Å². The Bertz CT molecular complexity index is 467. The number of ether oxygens (including phenoxy) is 1. The molecule has 1 fully saturated rings. The Hall–Kier alpha value is -1.92.